The first-order valence-electron chi connectivity index (χ1n) is 8.65. The first-order chi connectivity index (χ1) is 12.9. The van der Waals surface area contributed by atoms with E-state index in [0.717, 1.165) is 5.56 Å². The second kappa shape index (κ2) is 6.39. The largest absolute Gasteiger partial charge is 0.345 e. The van der Waals surface area contributed by atoms with Crippen molar-refractivity contribution in [3.05, 3.63) is 63.7 Å². The lowest BCUT2D eigenvalue weighted by molar-refractivity contribution is -0.126. The van der Waals surface area contributed by atoms with Crippen molar-refractivity contribution >= 4 is 23.1 Å². The molecule has 1 saturated heterocycles. The van der Waals surface area contributed by atoms with Gasteiger partial charge in [0.1, 0.15) is 5.56 Å². The maximum absolute atomic E-state index is 12.7. The fourth-order valence-corrected chi connectivity index (χ4v) is 3.27. The Morgan fingerprint density at radius 2 is 2.00 bits per heavy atom. The lowest BCUT2D eigenvalue weighted by Crippen LogP contribution is -2.21. The summed E-state index contributed by atoms with van der Waals surface area (Å²) in [4.78, 5) is 43.0. The van der Waals surface area contributed by atoms with Crippen molar-refractivity contribution < 1.29 is 9.59 Å². The molecular weight excluding hydrogens is 346 g/mol. The second-order valence-corrected chi connectivity index (χ2v) is 6.86. The zero-order chi connectivity index (χ0) is 19.1. The number of rotatable bonds is 3. The molecule has 138 valence electrons. The van der Waals surface area contributed by atoms with E-state index in [2.05, 4.69) is 15.4 Å². The predicted molar refractivity (Wildman–Crippen MR) is 99.9 cm³/mol. The summed E-state index contributed by atoms with van der Waals surface area (Å²) in [5.74, 6) is -0.488. The number of hydrogen-bond acceptors (Lipinski definition) is 4. The monoisotopic (exact) mass is 365 g/mol. The van der Waals surface area contributed by atoms with E-state index in [4.69, 9.17) is 0 Å². The quantitative estimate of drug-likeness (QED) is 0.735. The zero-order valence-electron chi connectivity index (χ0n) is 15.0. The summed E-state index contributed by atoms with van der Waals surface area (Å²) < 4.78 is 1.23. The van der Waals surface area contributed by atoms with Gasteiger partial charge in [-0.3, -0.25) is 19.5 Å². The van der Waals surface area contributed by atoms with Crippen molar-refractivity contribution in [2.24, 2.45) is 0 Å². The van der Waals surface area contributed by atoms with E-state index in [1.807, 2.05) is 31.2 Å². The van der Waals surface area contributed by atoms with Crippen molar-refractivity contribution in [2.45, 2.75) is 19.3 Å². The number of carbonyl (C=O) groups excluding carboxylic acids is 2. The van der Waals surface area contributed by atoms with Crippen molar-refractivity contribution in [1.82, 2.24) is 19.5 Å². The van der Waals surface area contributed by atoms with Crippen LogP contribution < -0.4 is 10.9 Å². The van der Waals surface area contributed by atoms with Gasteiger partial charge in [0.15, 0.2) is 5.65 Å². The SMILES string of the molecule is Cc1ccc(NC(=O)c2c[nH]n3c(=O)cc([C@@H]4CC(=O)N(C)C4)nc23)cc1. The molecule has 1 fully saturated rings. The Balaban J connectivity index is 1.69. The van der Waals surface area contributed by atoms with Crippen LogP contribution in [0.1, 0.15) is 34.0 Å². The third-order valence-electron chi connectivity index (χ3n) is 4.83. The Morgan fingerprint density at radius 1 is 1.26 bits per heavy atom. The number of hydrogen-bond donors (Lipinski definition) is 2. The predicted octanol–water partition coefficient (Wildman–Crippen LogP) is 1.53. The van der Waals surface area contributed by atoms with Crippen LogP contribution in [0.15, 0.2) is 41.3 Å². The molecule has 0 bridgehead atoms. The van der Waals surface area contributed by atoms with Gasteiger partial charge in [-0.2, -0.15) is 0 Å². The third kappa shape index (κ3) is 3.10. The van der Waals surface area contributed by atoms with E-state index in [1.165, 1.54) is 16.8 Å². The number of fused-ring (bicyclic) bond motifs is 1. The summed E-state index contributed by atoms with van der Waals surface area (Å²) in [7, 11) is 1.73. The molecule has 3 heterocycles. The van der Waals surface area contributed by atoms with Crippen LogP contribution >= 0.6 is 0 Å². The van der Waals surface area contributed by atoms with E-state index in [0.29, 0.717) is 24.3 Å². The molecule has 0 spiro atoms. The van der Waals surface area contributed by atoms with Gasteiger partial charge >= 0.3 is 0 Å². The van der Waals surface area contributed by atoms with Crippen LogP contribution in [0, 0.1) is 6.92 Å². The van der Waals surface area contributed by atoms with Gasteiger partial charge in [-0.05, 0) is 19.1 Å². The number of aryl methyl sites for hydroxylation is 1. The molecule has 3 aromatic rings. The highest BCUT2D eigenvalue weighted by Gasteiger charge is 2.30. The Bertz CT molecular complexity index is 1100. The Morgan fingerprint density at radius 3 is 2.67 bits per heavy atom. The molecule has 0 unspecified atom stereocenters. The minimum absolute atomic E-state index is 0.0217. The number of aromatic amines is 1. The molecule has 4 rings (SSSR count). The summed E-state index contributed by atoms with van der Waals surface area (Å²) in [6, 6.07) is 8.85. The highest BCUT2D eigenvalue weighted by Crippen LogP contribution is 2.25. The molecule has 27 heavy (non-hydrogen) atoms. The number of amides is 2. The smallest absolute Gasteiger partial charge is 0.272 e. The summed E-state index contributed by atoms with van der Waals surface area (Å²) >= 11 is 0. The number of likely N-dealkylation sites (N-methyl/N-ethyl adjacent to an activating group) is 1. The fraction of sp³-hybridized carbons (Fsp3) is 0.263. The first kappa shape index (κ1) is 17.0. The molecule has 1 aromatic carbocycles. The maximum atomic E-state index is 12.7. The van der Waals surface area contributed by atoms with E-state index < -0.39 is 0 Å². The maximum Gasteiger partial charge on any atom is 0.272 e. The van der Waals surface area contributed by atoms with E-state index in [9.17, 15) is 14.4 Å². The highest BCUT2D eigenvalue weighted by atomic mass is 16.2. The number of carbonyl (C=O) groups is 2. The molecule has 0 aliphatic carbocycles. The molecule has 2 aromatic heterocycles. The van der Waals surface area contributed by atoms with Crippen molar-refractivity contribution in [3.8, 4) is 0 Å². The summed E-state index contributed by atoms with van der Waals surface area (Å²) in [6.07, 6.45) is 1.78. The topological polar surface area (TPSA) is 99.6 Å². The van der Waals surface area contributed by atoms with Crippen molar-refractivity contribution in [3.63, 3.8) is 0 Å². The Labute approximate surface area is 154 Å². The van der Waals surface area contributed by atoms with E-state index in [-0.39, 0.29) is 34.5 Å². The number of aromatic nitrogens is 3. The normalized spacial score (nSPS) is 16.9. The fourth-order valence-electron chi connectivity index (χ4n) is 3.27. The van der Waals surface area contributed by atoms with Crippen LogP contribution in [0.5, 0.6) is 0 Å². The van der Waals surface area contributed by atoms with Gasteiger partial charge in [0.2, 0.25) is 5.91 Å². The molecule has 2 amide bonds. The second-order valence-electron chi connectivity index (χ2n) is 6.86. The van der Waals surface area contributed by atoms with Crippen LogP contribution in [0.2, 0.25) is 0 Å². The van der Waals surface area contributed by atoms with Gasteiger partial charge in [0.05, 0.1) is 5.69 Å². The number of benzene rings is 1. The van der Waals surface area contributed by atoms with Gasteiger partial charge in [-0.25, -0.2) is 9.50 Å². The van der Waals surface area contributed by atoms with Gasteiger partial charge in [0, 0.05) is 43.9 Å². The molecule has 0 saturated carbocycles. The van der Waals surface area contributed by atoms with Crippen molar-refractivity contribution in [1.29, 1.82) is 0 Å². The van der Waals surface area contributed by atoms with Gasteiger partial charge in [-0.1, -0.05) is 17.7 Å². The molecular formula is C19H19N5O3. The van der Waals surface area contributed by atoms with Crippen LogP contribution in [0.4, 0.5) is 5.69 Å². The molecule has 1 aliphatic rings. The number of likely N-dealkylation sites (tertiary alicyclic amines) is 1. The number of anilines is 1. The van der Waals surface area contributed by atoms with Crippen LogP contribution in [-0.2, 0) is 4.79 Å². The average molecular weight is 365 g/mol. The zero-order valence-corrected chi connectivity index (χ0v) is 15.0. The minimum atomic E-state index is -0.360. The minimum Gasteiger partial charge on any atom is -0.345 e. The van der Waals surface area contributed by atoms with Crippen LogP contribution in [0.3, 0.4) is 0 Å². The lowest BCUT2D eigenvalue weighted by Gasteiger charge is -2.10. The lowest BCUT2D eigenvalue weighted by atomic mass is 10.0. The Kier molecular flexibility index (Phi) is 4.02. The van der Waals surface area contributed by atoms with Crippen molar-refractivity contribution in [2.75, 3.05) is 18.9 Å². The number of nitrogens with zero attached hydrogens (tertiary/aromatic N) is 3. The first-order valence-corrected chi connectivity index (χ1v) is 8.65. The van der Waals surface area contributed by atoms with Gasteiger partial charge < -0.3 is 10.2 Å². The molecule has 1 aliphatic heterocycles. The third-order valence-corrected chi connectivity index (χ3v) is 4.83. The summed E-state index contributed by atoms with van der Waals surface area (Å²) in [6.45, 7) is 2.48. The summed E-state index contributed by atoms with van der Waals surface area (Å²) in [5.41, 5.74) is 2.49. The van der Waals surface area contributed by atoms with Crippen LogP contribution in [-0.4, -0.2) is 44.9 Å². The molecule has 0 radical (unpaired) electrons. The number of H-pyrrole nitrogens is 1. The Hall–Kier alpha value is -3.42. The number of nitrogens with one attached hydrogen (secondary N) is 2. The molecule has 1 atom stereocenters. The average Bonchev–Trinajstić information content (AvgIpc) is 3.21. The standard InChI is InChI=1S/C19H19N5O3/c1-11-3-5-13(6-4-11)21-19(27)14-9-20-24-17(26)8-15(22-18(14)24)12-7-16(25)23(2)10-12/h3-6,8-9,12,20H,7,10H2,1-2H3,(H,21,27)/t12-/m1/s1. The summed E-state index contributed by atoms with van der Waals surface area (Å²) in [5, 5.41) is 5.58. The highest BCUT2D eigenvalue weighted by molar-refractivity contribution is 6.08. The van der Waals surface area contributed by atoms with E-state index >= 15 is 0 Å². The molecule has 8 nitrogen and oxygen atoms in total. The molecule has 2 N–H and O–H groups in total. The van der Waals surface area contributed by atoms with Gasteiger partial charge in [-0.15, -0.1) is 0 Å². The van der Waals surface area contributed by atoms with Crippen LogP contribution in [0.25, 0.3) is 5.65 Å². The van der Waals surface area contributed by atoms with E-state index in [1.54, 1.807) is 11.9 Å². The van der Waals surface area contributed by atoms with Gasteiger partial charge in [0.25, 0.3) is 11.5 Å². The molecule has 8 heteroatoms.